The highest BCUT2D eigenvalue weighted by Crippen LogP contribution is 2.38. The summed E-state index contributed by atoms with van der Waals surface area (Å²) in [5, 5.41) is 14.8. The van der Waals surface area contributed by atoms with E-state index in [9.17, 15) is 14.9 Å². The second-order valence-electron chi connectivity index (χ2n) is 6.42. The summed E-state index contributed by atoms with van der Waals surface area (Å²) in [6.07, 6.45) is 0. The third kappa shape index (κ3) is 2.93. The molecule has 0 fully saturated rings. The first-order valence-electron chi connectivity index (χ1n) is 8.52. The van der Waals surface area contributed by atoms with Crippen molar-refractivity contribution in [3.05, 3.63) is 92.0 Å². The van der Waals surface area contributed by atoms with Crippen molar-refractivity contribution in [2.24, 2.45) is 0 Å². The molecule has 0 saturated carbocycles. The van der Waals surface area contributed by atoms with Gasteiger partial charge in [0.2, 0.25) is 6.54 Å². The average molecular weight is 363 g/mol. The highest BCUT2D eigenvalue weighted by atomic mass is 16.6. The number of nitro groups is 1. The van der Waals surface area contributed by atoms with Crippen molar-refractivity contribution >= 4 is 10.9 Å². The molecule has 2 heterocycles. The number of hydrogen-bond acceptors (Lipinski definition) is 4. The van der Waals surface area contributed by atoms with Crippen LogP contribution in [0.1, 0.15) is 22.7 Å². The molecule has 136 valence electrons. The zero-order chi connectivity index (χ0) is 19.0. The average Bonchev–Trinajstić information content (AvgIpc) is 3.21. The molecule has 1 atom stereocenters. The lowest BCUT2D eigenvalue weighted by Crippen LogP contribution is -2.20. The zero-order valence-corrected chi connectivity index (χ0v) is 14.6. The second kappa shape index (κ2) is 6.60. The molecule has 2 aromatic carbocycles. The van der Waals surface area contributed by atoms with Crippen LogP contribution in [0.4, 0.5) is 0 Å². The van der Waals surface area contributed by atoms with Crippen LogP contribution in [0, 0.1) is 17.0 Å². The number of nitrogens with zero attached hydrogens (tertiary/aromatic N) is 1. The molecule has 4 rings (SSSR count). The molecule has 2 aromatic heterocycles. The van der Waals surface area contributed by atoms with E-state index in [1.807, 2.05) is 54.6 Å². The number of H-pyrrole nitrogens is 2. The molecule has 7 heteroatoms. The number of fused-ring (bicyclic) bond motifs is 1. The van der Waals surface area contributed by atoms with E-state index in [2.05, 4.69) is 10.1 Å². The molecule has 0 aliphatic carbocycles. The van der Waals surface area contributed by atoms with Crippen molar-refractivity contribution in [1.29, 1.82) is 0 Å². The summed E-state index contributed by atoms with van der Waals surface area (Å²) in [6.45, 7) is 1.27. The number of nitrogens with one attached hydrogen (secondary N) is 2. The zero-order valence-electron chi connectivity index (χ0n) is 14.6. The number of aromatic amines is 2. The Bertz CT molecular complexity index is 1170. The SMILES string of the molecule is Cc1[nH]oc(=O)c1C(C[N+](=O)[O-])c1c(-c2ccccc2)[nH]c2ccccc12. The quantitative estimate of drug-likeness (QED) is 0.415. The Morgan fingerprint density at radius 3 is 2.44 bits per heavy atom. The first-order valence-corrected chi connectivity index (χ1v) is 8.52. The normalized spacial score (nSPS) is 12.3. The fourth-order valence-electron chi connectivity index (χ4n) is 3.62. The van der Waals surface area contributed by atoms with Gasteiger partial charge in [-0.1, -0.05) is 48.5 Å². The van der Waals surface area contributed by atoms with Crippen LogP contribution in [0.5, 0.6) is 0 Å². The standard InChI is InChI=1S/C20H17N3O4/c1-12-17(20(24)27-22-12)15(11-23(25)26)18-14-9-5-6-10-16(14)21-19(18)13-7-3-2-4-8-13/h2-10,15,21-22H,11H2,1H3. The molecule has 0 spiro atoms. The third-order valence-corrected chi connectivity index (χ3v) is 4.76. The molecule has 0 aliphatic heterocycles. The van der Waals surface area contributed by atoms with E-state index < -0.39 is 23.0 Å². The summed E-state index contributed by atoms with van der Waals surface area (Å²) in [7, 11) is 0. The minimum absolute atomic E-state index is 0.286. The molecule has 0 saturated heterocycles. The molecule has 0 aliphatic rings. The van der Waals surface area contributed by atoms with Gasteiger partial charge in [0.05, 0.1) is 22.9 Å². The molecule has 1 unspecified atom stereocenters. The van der Waals surface area contributed by atoms with E-state index >= 15 is 0 Å². The number of hydrogen-bond donors (Lipinski definition) is 2. The van der Waals surface area contributed by atoms with Crippen LogP contribution in [0.3, 0.4) is 0 Å². The smallest absolute Gasteiger partial charge is 0.354 e. The second-order valence-corrected chi connectivity index (χ2v) is 6.42. The van der Waals surface area contributed by atoms with Crippen molar-refractivity contribution in [2.45, 2.75) is 12.8 Å². The Morgan fingerprint density at radius 1 is 1.07 bits per heavy atom. The fourth-order valence-corrected chi connectivity index (χ4v) is 3.62. The molecule has 7 nitrogen and oxygen atoms in total. The third-order valence-electron chi connectivity index (χ3n) is 4.76. The molecule has 0 bridgehead atoms. The highest BCUT2D eigenvalue weighted by molar-refractivity contribution is 5.92. The maximum Gasteiger partial charge on any atom is 0.361 e. The minimum atomic E-state index is -0.742. The number of para-hydroxylation sites is 1. The van der Waals surface area contributed by atoms with Gasteiger partial charge < -0.3 is 9.51 Å². The number of aryl methyl sites for hydroxylation is 1. The van der Waals surface area contributed by atoms with E-state index in [1.165, 1.54) is 0 Å². The molecule has 0 radical (unpaired) electrons. The first-order chi connectivity index (χ1) is 13.1. The van der Waals surface area contributed by atoms with Gasteiger partial charge in [0.25, 0.3) is 0 Å². The van der Waals surface area contributed by atoms with Gasteiger partial charge in [-0.05, 0) is 24.1 Å². The lowest BCUT2D eigenvalue weighted by atomic mass is 9.88. The van der Waals surface area contributed by atoms with E-state index in [0.717, 1.165) is 27.7 Å². The van der Waals surface area contributed by atoms with Gasteiger partial charge in [0.1, 0.15) is 0 Å². The molecule has 0 amide bonds. The van der Waals surface area contributed by atoms with Crippen molar-refractivity contribution in [3.8, 4) is 11.3 Å². The fraction of sp³-hybridized carbons (Fsp3) is 0.150. The summed E-state index contributed by atoms with van der Waals surface area (Å²) in [6, 6.07) is 17.2. The summed E-state index contributed by atoms with van der Waals surface area (Å²) < 4.78 is 4.90. The van der Waals surface area contributed by atoms with Gasteiger partial charge in [0.15, 0.2) is 0 Å². The summed E-state index contributed by atoms with van der Waals surface area (Å²) in [5.41, 5.74) is 3.45. The van der Waals surface area contributed by atoms with Crippen molar-refractivity contribution in [2.75, 3.05) is 6.54 Å². The summed E-state index contributed by atoms with van der Waals surface area (Å²) >= 11 is 0. The number of rotatable bonds is 5. The van der Waals surface area contributed by atoms with Crippen LogP contribution in [0.25, 0.3) is 22.2 Å². The Morgan fingerprint density at radius 2 is 1.78 bits per heavy atom. The maximum atomic E-state index is 12.3. The first kappa shape index (κ1) is 16.8. The lowest BCUT2D eigenvalue weighted by molar-refractivity contribution is -0.481. The summed E-state index contributed by atoms with van der Waals surface area (Å²) in [4.78, 5) is 26.7. The Kier molecular flexibility index (Phi) is 4.12. The predicted octanol–water partition coefficient (Wildman–Crippen LogP) is 3.83. The van der Waals surface area contributed by atoms with E-state index in [0.29, 0.717) is 5.69 Å². The van der Waals surface area contributed by atoms with Gasteiger partial charge in [-0.2, -0.15) is 0 Å². The van der Waals surface area contributed by atoms with Crippen LogP contribution in [0.2, 0.25) is 0 Å². The summed E-state index contributed by atoms with van der Waals surface area (Å²) in [5.74, 6) is -0.742. The van der Waals surface area contributed by atoms with Gasteiger partial charge >= 0.3 is 5.63 Å². The van der Waals surface area contributed by atoms with Crippen LogP contribution in [-0.4, -0.2) is 21.6 Å². The number of aromatic nitrogens is 2. The monoisotopic (exact) mass is 363 g/mol. The van der Waals surface area contributed by atoms with E-state index in [1.54, 1.807) is 6.92 Å². The maximum absolute atomic E-state index is 12.3. The van der Waals surface area contributed by atoms with E-state index in [-0.39, 0.29) is 5.56 Å². The molecule has 4 aromatic rings. The van der Waals surface area contributed by atoms with Crippen LogP contribution in [0.15, 0.2) is 63.9 Å². The minimum Gasteiger partial charge on any atom is -0.354 e. The highest BCUT2D eigenvalue weighted by Gasteiger charge is 2.32. The Balaban J connectivity index is 2.05. The van der Waals surface area contributed by atoms with Crippen LogP contribution < -0.4 is 5.63 Å². The predicted molar refractivity (Wildman–Crippen MR) is 102 cm³/mol. The van der Waals surface area contributed by atoms with Gasteiger partial charge in [-0.25, -0.2) is 9.95 Å². The van der Waals surface area contributed by atoms with Gasteiger partial charge in [-0.3, -0.25) is 10.1 Å². The van der Waals surface area contributed by atoms with Crippen molar-refractivity contribution in [3.63, 3.8) is 0 Å². The lowest BCUT2D eigenvalue weighted by Gasteiger charge is -2.14. The van der Waals surface area contributed by atoms with Crippen molar-refractivity contribution in [1.82, 2.24) is 10.1 Å². The molecule has 27 heavy (non-hydrogen) atoms. The molecular weight excluding hydrogens is 346 g/mol. The molecule has 2 N–H and O–H groups in total. The van der Waals surface area contributed by atoms with Gasteiger partial charge in [-0.15, -0.1) is 0 Å². The van der Waals surface area contributed by atoms with Crippen LogP contribution >= 0.6 is 0 Å². The van der Waals surface area contributed by atoms with E-state index in [4.69, 9.17) is 4.52 Å². The number of benzene rings is 2. The van der Waals surface area contributed by atoms with Crippen LogP contribution in [-0.2, 0) is 0 Å². The largest absolute Gasteiger partial charge is 0.361 e. The van der Waals surface area contributed by atoms with Gasteiger partial charge in [0, 0.05) is 15.8 Å². The topological polar surface area (TPSA) is 105 Å². The molecular formula is C20H17N3O4. The van der Waals surface area contributed by atoms with Crippen molar-refractivity contribution < 1.29 is 9.45 Å². The Hall–Kier alpha value is -3.61. The Labute approximate surface area is 153 Å².